The predicted octanol–water partition coefficient (Wildman–Crippen LogP) is 1.70. The Hall–Kier alpha value is -1.12. The summed E-state index contributed by atoms with van der Waals surface area (Å²) in [5.41, 5.74) is 3.90. The third-order valence-electron chi connectivity index (χ3n) is 5.52. The number of fused-ring (bicyclic) bond motifs is 2. The van der Waals surface area contributed by atoms with Crippen LogP contribution < -0.4 is 4.72 Å². The lowest BCUT2D eigenvalue weighted by molar-refractivity contribution is 0.135. The third-order valence-corrected chi connectivity index (χ3v) is 7.11. The number of aromatic amines is 1. The first-order valence-electron chi connectivity index (χ1n) is 8.35. The Labute approximate surface area is 155 Å². The molecule has 0 amide bonds. The first kappa shape index (κ1) is 18.7. The van der Waals surface area contributed by atoms with Crippen molar-refractivity contribution in [2.75, 3.05) is 27.7 Å². The van der Waals surface area contributed by atoms with Crippen LogP contribution >= 0.6 is 12.4 Å². The molecule has 4 rings (SSSR count). The van der Waals surface area contributed by atoms with Crippen LogP contribution in [0.4, 0.5) is 0 Å². The molecule has 2 heterocycles. The number of likely N-dealkylation sites (N-methyl/N-ethyl adjacent to an activating group) is 1. The molecule has 2 N–H and O–H groups in total. The summed E-state index contributed by atoms with van der Waals surface area (Å²) in [6.45, 7) is 0.740. The molecule has 0 spiro atoms. The Morgan fingerprint density at radius 3 is 2.80 bits per heavy atom. The fourth-order valence-electron chi connectivity index (χ4n) is 4.34. The smallest absolute Gasteiger partial charge is 0.279 e. The molecule has 1 aromatic carbocycles. The van der Waals surface area contributed by atoms with Gasteiger partial charge in [-0.1, -0.05) is 12.1 Å². The second kappa shape index (κ2) is 6.55. The van der Waals surface area contributed by atoms with E-state index in [1.54, 1.807) is 14.1 Å². The van der Waals surface area contributed by atoms with E-state index in [2.05, 4.69) is 46.0 Å². The highest BCUT2D eigenvalue weighted by Gasteiger charge is 2.40. The zero-order valence-corrected chi connectivity index (χ0v) is 16.3. The molecular formula is C17H25ClN4O2S. The van der Waals surface area contributed by atoms with Gasteiger partial charge in [0.1, 0.15) is 0 Å². The molecule has 6 nitrogen and oxygen atoms in total. The van der Waals surface area contributed by atoms with Crippen molar-refractivity contribution in [2.45, 2.75) is 30.8 Å². The average Bonchev–Trinajstić information content (AvgIpc) is 2.93. The maximum absolute atomic E-state index is 12.2. The number of halogens is 1. The molecule has 2 aliphatic rings. The van der Waals surface area contributed by atoms with Crippen LogP contribution in [0, 0.1) is 0 Å². The van der Waals surface area contributed by atoms with Crippen LogP contribution in [-0.4, -0.2) is 62.4 Å². The van der Waals surface area contributed by atoms with E-state index in [-0.39, 0.29) is 18.4 Å². The van der Waals surface area contributed by atoms with E-state index >= 15 is 0 Å². The lowest BCUT2D eigenvalue weighted by atomic mass is 9.74. The summed E-state index contributed by atoms with van der Waals surface area (Å²) in [6.07, 6.45) is 3.98. The van der Waals surface area contributed by atoms with Gasteiger partial charge in [0, 0.05) is 55.7 Å². The Balaban J connectivity index is 0.00000182. The van der Waals surface area contributed by atoms with Crippen molar-refractivity contribution in [1.29, 1.82) is 0 Å². The molecule has 0 bridgehead atoms. The third kappa shape index (κ3) is 3.08. The normalized spacial score (nSPS) is 26.5. The number of nitrogens with one attached hydrogen (secondary N) is 2. The highest BCUT2D eigenvalue weighted by Crippen LogP contribution is 2.42. The van der Waals surface area contributed by atoms with Crippen LogP contribution in [0.1, 0.15) is 23.5 Å². The van der Waals surface area contributed by atoms with Crippen molar-refractivity contribution in [1.82, 2.24) is 18.9 Å². The molecular weight excluding hydrogens is 360 g/mol. The first-order valence-corrected chi connectivity index (χ1v) is 9.79. The largest absolute Gasteiger partial charge is 0.361 e. The first-order chi connectivity index (χ1) is 11.4. The summed E-state index contributed by atoms with van der Waals surface area (Å²) in [4.78, 5) is 5.68. The monoisotopic (exact) mass is 384 g/mol. The van der Waals surface area contributed by atoms with Crippen LogP contribution in [-0.2, 0) is 16.6 Å². The number of likely N-dealkylation sites (tertiary alicyclic amines) is 1. The van der Waals surface area contributed by atoms with Gasteiger partial charge in [0.2, 0.25) is 0 Å². The second-order valence-electron chi connectivity index (χ2n) is 7.24. The molecule has 1 fully saturated rings. The molecule has 0 radical (unpaired) electrons. The topological polar surface area (TPSA) is 68.4 Å². The highest BCUT2D eigenvalue weighted by molar-refractivity contribution is 7.87. The summed E-state index contributed by atoms with van der Waals surface area (Å²) in [5, 5.41) is 1.34. The predicted molar refractivity (Wildman–Crippen MR) is 103 cm³/mol. The number of hydrogen-bond acceptors (Lipinski definition) is 3. The molecule has 0 saturated carbocycles. The molecule has 8 heteroatoms. The Kier molecular flexibility index (Phi) is 4.89. The minimum Gasteiger partial charge on any atom is -0.361 e. The van der Waals surface area contributed by atoms with E-state index in [1.807, 2.05) is 0 Å². The minimum atomic E-state index is -3.41. The van der Waals surface area contributed by atoms with Crippen molar-refractivity contribution in [2.24, 2.45) is 0 Å². The van der Waals surface area contributed by atoms with Crippen molar-refractivity contribution < 1.29 is 8.42 Å². The molecule has 1 aliphatic carbocycles. The van der Waals surface area contributed by atoms with Gasteiger partial charge in [-0.2, -0.15) is 17.4 Å². The number of benzene rings is 1. The number of H-pyrrole nitrogens is 1. The molecule has 2 aromatic rings. The van der Waals surface area contributed by atoms with Crippen molar-refractivity contribution in [3.05, 3.63) is 35.5 Å². The number of aromatic nitrogens is 1. The standard InChI is InChI=1S/C17H24N4O2S.ClH/c1-20(2)24(22,23)19-12-8-14-13-5-4-6-15-17(13)11(9-18-15)7-16(14)21(3)10-12;/h4-6,9,12,14,16,18-19H,7-8,10H2,1-3H3;1H. The van der Waals surface area contributed by atoms with Gasteiger partial charge in [-0.3, -0.25) is 0 Å². The fraction of sp³-hybridized carbons (Fsp3) is 0.529. The van der Waals surface area contributed by atoms with Crippen LogP contribution in [0.2, 0.25) is 0 Å². The Morgan fingerprint density at radius 2 is 2.08 bits per heavy atom. The molecule has 1 saturated heterocycles. The van der Waals surface area contributed by atoms with E-state index in [0.29, 0.717) is 12.0 Å². The summed E-state index contributed by atoms with van der Waals surface area (Å²) < 4.78 is 28.5. The zero-order chi connectivity index (χ0) is 17.1. The van der Waals surface area contributed by atoms with Gasteiger partial charge in [-0.05, 0) is 37.1 Å². The molecule has 3 atom stereocenters. The van der Waals surface area contributed by atoms with E-state index in [9.17, 15) is 8.42 Å². The zero-order valence-electron chi connectivity index (χ0n) is 14.7. The van der Waals surface area contributed by atoms with Gasteiger partial charge in [0.25, 0.3) is 10.2 Å². The molecule has 25 heavy (non-hydrogen) atoms. The molecule has 1 aromatic heterocycles. The van der Waals surface area contributed by atoms with Crippen molar-refractivity contribution in [3.8, 4) is 0 Å². The number of nitrogens with zero attached hydrogens (tertiary/aromatic N) is 2. The van der Waals surface area contributed by atoms with Gasteiger partial charge in [-0.25, -0.2) is 0 Å². The highest BCUT2D eigenvalue weighted by atomic mass is 35.5. The lowest BCUT2D eigenvalue weighted by Gasteiger charge is -2.45. The average molecular weight is 385 g/mol. The number of rotatable bonds is 3. The van der Waals surface area contributed by atoms with Crippen LogP contribution in [0.5, 0.6) is 0 Å². The lowest BCUT2D eigenvalue weighted by Crippen LogP contribution is -2.56. The Morgan fingerprint density at radius 1 is 1.32 bits per heavy atom. The maximum atomic E-state index is 12.2. The number of piperidine rings is 1. The van der Waals surface area contributed by atoms with E-state index in [4.69, 9.17) is 0 Å². The summed E-state index contributed by atoms with van der Waals surface area (Å²) >= 11 is 0. The molecule has 3 unspecified atom stereocenters. The Bertz CT molecular complexity index is 880. The van der Waals surface area contributed by atoms with E-state index < -0.39 is 10.2 Å². The summed E-state index contributed by atoms with van der Waals surface area (Å²) in [6, 6.07) is 6.76. The SMILES string of the molecule is CN1CC(NS(=O)(=O)N(C)C)CC2c3cccc4[nH]cc(c34)CC21.Cl. The molecule has 1 aliphatic heterocycles. The van der Waals surface area contributed by atoms with Gasteiger partial charge >= 0.3 is 0 Å². The summed E-state index contributed by atoms with van der Waals surface area (Å²) in [7, 11) is 1.81. The van der Waals surface area contributed by atoms with E-state index in [0.717, 1.165) is 19.4 Å². The summed E-state index contributed by atoms with van der Waals surface area (Å²) in [5.74, 6) is 0.352. The van der Waals surface area contributed by atoms with E-state index in [1.165, 1.54) is 26.3 Å². The second-order valence-corrected chi connectivity index (χ2v) is 9.16. The molecule has 138 valence electrons. The fourth-order valence-corrected chi connectivity index (χ4v) is 5.15. The minimum absolute atomic E-state index is 0. The van der Waals surface area contributed by atoms with Crippen LogP contribution in [0.25, 0.3) is 10.9 Å². The van der Waals surface area contributed by atoms with Gasteiger partial charge < -0.3 is 9.88 Å². The quantitative estimate of drug-likeness (QED) is 0.846. The van der Waals surface area contributed by atoms with Crippen LogP contribution in [0.3, 0.4) is 0 Å². The maximum Gasteiger partial charge on any atom is 0.279 e. The number of hydrogen-bond donors (Lipinski definition) is 2. The van der Waals surface area contributed by atoms with Gasteiger partial charge in [0.05, 0.1) is 0 Å². The van der Waals surface area contributed by atoms with Gasteiger partial charge in [-0.15, -0.1) is 12.4 Å². The van der Waals surface area contributed by atoms with Crippen LogP contribution in [0.15, 0.2) is 24.4 Å². The van der Waals surface area contributed by atoms with Crippen molar-refractivity contribution in [3.63, 3.8) is 0 Å². The van der Waals surface area contributed by atoms with Gasteiger partial charge in [0.15, 0.2) is 0 Å². The van der Waals surface area contributed by atoms with Crippen molar-refractivity contribution >= 4 is 33.5 Å².